The summed E-state index contributed by atoms with van der Waals surface area (Å²) in [5, 5.41) is 4.81. The SMILES string of the molecule is Cc1ccc(S(=O)(=O)N2CCN(CC(=O)Nc3sccc3C(N)=O)CC2)cc1. The lowest BCUT2D eigenvalue weighted by Gasteiger charge is -2.33. The summed E-state index contributed by atoms with van der Waals surface area (Å²) < 4.78 is 26.9. The minimum Gasteiger partial charge on any atom is -0.366 e. The summed E-state index contributed by atoms with van der Waals surface area (Å²) in [7, 11) is -3.53. The molecule has 1 fully saturated rings. The van der Waals surface area contributed by atoms with Crippen LogP contribution in [0.4, 0.5) is 5.00 Å². The number of carbonyl (C=O) groups excluding carboxylic acids is 2. The van der Waals surface area contributed by atoms with Crippen LogP contribution >= 0.6 is 11.3 Å². The highest BCUT2D eigenvalue weighted by Gasteiger charge is 2.29. The molecule has 2 heterocycles. The first-order valence-corrected chi connectivity index (χ1v) is 11.1. The van der Waals surface area contributed by atoms with Crippen LogP contribution in [0.25, 0.3) is 0 Å². The van der Waals surface area contributed by atoms with Crippen molar-refractivity contribution in [2.45, 2.75) is 11.8 Å². The van der Waals surface area contributed by atoms with Crippen LogP contribution in [0, 0.1) is 6.92 Å². The highest BCUT2D eigenvalue weighted by Crippen LogP contribution is 2.23. The van der Waals surface area contributed by atoms with Crippen molar-refractivity contribution in [2.75, 3.05) is 38.0 Å². The largest absolute Gasteiger partial charge is 0.366 e. The van der Waals surface area contributed by atoms with Crippen molar-refractivity contribution in [1.82, 2.24) is 9.21 Å². The number of hydrogen-bond acceptors (Lipinski definition) is 6. The molecule has 1 saturated heterocycles. The third-order valence-corrected chi connectivity index (χ3v) is 7.28. The van der Waals surface area contributed by atoms with Crippen molar-refractivity contribution in [3.8, 4) is 0 Å². The molecule has 1 aromatic carbocycles. The van der Waals surface area contributed by atoms with E-state index in [1.54, 1.807) is 35.7 Å². The van der Waals surface area contributed by atoms with Crippen LogP contribution in [0.2, 0.25) is 0 Å². The number of nitrogens with two attached hydrogens (primary N) is 1. The van der Waals surface area contributed by atoms with Gasteiger partial charge in [-0.05, 0) is 30.5 Å². The Bertz CT molecular complexity index is 962. The molecule has 1 aliphatic heterocycles. The van der Waals surface area contributed by atoms with Crippen molar-refractivity contribution in [3.05, 3.63) is 46.8 Å². The molecule has 3 rings (SSSR count). The monoisotopic (exact) mass is 422 g/mol. The summed E-state index contributed by atoms with van der Waals surface area (Å²) in [6, 6.07) is 8.35. The number of nitrogens with zero attached hydrogens (tertiary/aromatic N) is 2. The first kappa shape index (κ1) is 20.5. The third kappa shape index (κ3) is 4.58. The number of anilines is 1. The Hall–Kier alpha value is -2.27. The van der Waals surface area contributed by atoms with E-state index in [9.17, 15) is 18.0 Å². The molecule has 1 aliphatic rings. The van der Waals surface area contributed by atoms with Gasteiger partial charge in [-0.3, -0.25) is 14.5 Å². The van der Waals surface area contributed by atoms with Gasteiger partial charge < -0.3 is 11.1 Å². The summed E-state index contributed by atoms with van der Waals surface area (Å²) >= 11 is 1.23. The van der Waals surface area contributed by atoms with Gasteiger partial charge in [-0.15, -0.1) is 11.3 Å². The fraction of sp³-hybridized carbons (Fsp3) is 0.333. The van der Waals surface area contributed by atoms with Gasteiger partial charge in [0.15, 0.2) is 0 Å². The molecule has 0 bridgehead atoms. The van der Waals surface area contributed by atoms with Crippen LogP contribution in [-0.4, -0.2) is 62.2 Å². The lowest BCUT2D eigenvalue weighted by atomic mass is 10.2. The lowest BCUT2D eigenvalue weighted by Crippen LogP contribution is -2.50. The minimum absolute atomic E-state index is 0.120. The molecule has 2 amide bonds. The third-order valence-electron chi connectivity index (χ3n) is 4.54. The number of thiophene rings is 1. The molecule has 3 N–H and O–H groups in total. The number of benzene rings is 1. The highest BCUT2D eigenvalue weighted by molar-refractivity contribution is 7.89. The van der Waals surface area contributed by atoms with Gasteiger partial charge in [0.1, 0.15) is 5.00 Å². The van der Waals surface area contributed by atoms with E-state index in [0.717, 1.165) is 5.56 Å². The van der Waals surface area contributed by atoms with E-state index in [2.05, 4.69) is 5.32 Å². The number of carbonyl (C=O) groups is 2. The molecule has 10 heteroatoms. The zero-order valence-electron chi connectivity index (χ0n) is 15.4. The van der Waals surface area contributed by atoms with E-state index < -0.39 is 15.9 Å². The molecule has 150 valence electrons. The van der Waals surface area contributed by atoms with E-state index in [0.29, 0.717) is 31.2 Å². The van der Waals surface area contributed by atoms with E-state index in [-0.39, 0.29) is 22.9 Å². The van der Waals surface area contributed by atoms with Crippen molar-refractivity contribution >= 4 is 38.2 Å². The number of nitrogens with one attached hydrogen (secondary N) is 1. The Kier molecular flexibility index (Phi) is 6.14. The fourth-order valence-electron chi connectivity index (χ4n) is 2.96. The Morgan fingerprint density at radius 2 is 1.75 bits per heavy atom. The van der Waals surface area contributed by atoms with Crippen LogP contribution in [-0.2, 0) is 14.8 Å². The lowest BCUT2D eigenvalue weighted by molar-refractivity contribution is -0.117. The van der Waals surface area contributed by atoms with Gasteiger partial charge in [0, 0.05) is 26.2 Å². The van der Waals surface area contributed by atoms with Crippen LogP contribution in [0.1, 0.15) is 15.9 Å². The van der Waals surface area contributed by atoms with Gasteiger partial charge >= 0.3 is 0 Å². The summed E-state index contributed by atoms with van der Waals surface area (Å²) in [6.45, 7) is 3.55. The van der Waals surface area contributed by atoms with E-state index in [1.807, 2.05) is 11.8 Å². The molecular weight excluding hydrogens is 400 g/mol. The summed E-state index contributed by atoms with van der Waals surface area (Å²) in [6.07, 6.45) is 0. The van der Waals surface area contributed by atoms with Crippen LogP contribution in [0.5, 0.6) is 0 Å². The van der Waals surface area contributed by atoms with Gasteiger partial charge in [-0.25, -0.2) is 8.42 Å². The van der Waals surface area contributed by atoms with Crippen LogP contribution in [0.3, 0.4) is 0 Å². The van der Waals surface area contributed by atoms with Crippen molar-refractivity contribution in [3.63, 3.8) is 0 Å². The van der Waals surface area contributed by atoms with Crippen molar-refractivity contribution in [2.24, 2.45) is 5.73 Å². The normalized spacial score (nSPS) is 16.0. The maximum Gasteiger partial charge on any atom is 0.251 e. The minimum atomic E-state index is -3.53. The molecule has 0 atom stereocenters. The molecule has 0 saturated carbocycles. The average Bonchev–Trinajstić information content (AvgIpc) is 3.11. The van der Waals surface area contributed by atoms with Gasteiger partial charge in [0.2, 0.25) is 15.9 Å². The standard InChI is InChI=1S/C18H22N4O4S2/c1-13-2-4-14(5-3-13)28(25,26)22-9-7-21(8-10-22)12-16(23)20-18-15(17(19)24)6-11-27-18/h2-6,11H,7-10,12H2,1H3,(H2,19,24)(H,20,23). The maximum absolute atomic E-state index is 12.7. The number of aryl methyl sites for hydroxylation is 1. The fourth-order valence-corrected chi connectivity index (χ4v) is 5.19. The molecule has 2 aromatic rings. The molecule has 8 nitrogen and oxygen atoms in total. The summed E-state index contributed by atoms with van der Waals surface area (Å²) in [4.78, 5) is 25.7. The maximum atomic E-state index is 12.7. The van der Waals surface area contributed by atoms with Crippen LogP contribution < -0.4 is 11.1 Å². The second-order valence-corrected chi connectivity index (χ2v) is 9.42. The van der Waals surface area contributed by atoms with E-state index >= 15 is 0 Å². The smallest absolute Gasteiger partial charge is 0.251 e. The Labute approximate surface area is 168 Å². The molecule has 0 spiro atoms. The average molecular weight is 423 g/mol. The zero-order chi connectivity index (χ0) is 20.3. The quantitative estimate of drug-likeness (QED) is 0.724. The molecule has 0 radical (unpaired) electrons. The number of piperazine rings is 1. The molecule has 0 aliphatic carbocycles. The van der Waals surface area contributed by atoms with Crippen molar-refractivity contribution in [1.29, 1.82) is 0 Å². The van der Waals surface area contributed by atoms with Gasteiger partial charge in [0.05, 0.1) is 17.0 Å². The molecule has 28 heavy (non-hydrogen) atoms. The first-order valence-electron chi connectivity index (χ1n) is 8.73. The highest BCUT2D eigenvalue weighted by atomic mass is 32.2. The number of sulfonamides is 1. The van der Waals surface area contributed by atoms with E-state index in [1.165, 1.54) is 15.6 Å². The predicted octanol–water partition coefficient (Wildman–Crippen LogP) is 1.10. The Morgan fingerprint density at radius 3 is 2.36 bits per heavy atom. The number of rotatable bonds is 6. The predicted molar refractivity (Wildman–Crippen MR) is 108 cm³/mol. The van der Waals surface area contributed by atoms with Gasteiger partial charge in [-0.1, -0.05) is 17.7 Å². The second-order valence-electron chi connectivity index (χ2n) is 6.57. The Balaban J connectivity index is 1.55. The van der Waals surface area contributed by atoms with E-state index in [4.69, 9.17) is 5.73 Å². The number of hydrogen-bond donors (Lipinski definition) is 2. The van der Waals surface area contributed by atoms with Gasteiger partial charge in [-0.2, -0.15) is 4.31 Å². The molecular formula is C18H22N4O4S2. The number of amides is 2. The zero-order valence-corrected chi connectivity index (χ0v) is 17.1. The van der Waals surface area contributed by atoms with Crippen LogP contribution in [0.15, 0.2) is 40.6 Å². The molecule has 1 aromatic heterocycles. The number of primary amides is 1. The molecule has 0 unspecified atom stereocenters. The van der Waals surface area contributed by atoms with Gasteiger partial charge in [0.25, 0.3) is 5.91 Å². The summed E-state index contributed by atoms with van der Waals surface area (Å²) in [5.74, 6) is -0.855. The second kappa shape index (κ2) is 8.39. The topological polar surface area (TPSA) is 113 Å². The van der Waals surface area contributed by atoms with Crippen molar-refractivity contribution < 1.29 is 18.0 Å². The Morgan fingerprint density at radius 1 is 1.11 bits per heavy atom. The summed E-state index contributed by atoms with van der Waals surface area (Å²) in [5.41, 5.74) is 6.56. The first-order chi connectivity index (χ1) is 13.3.